The molecule has 2 heterocycles. The maximum absolute atomic E-state index is 13.0. The van der Waals surface area contributed by atoms with Crippen molar-refractivity contribution in [3.8, 4) is 0 Å². The van der Waals surface area contributed by atoms with Crippen molar-refractivity contribution in [2.24, 2.45) is 0 Å². The average Bonchev–Trinajstić information content (AvgIpc) is 3.11. The zero-order valence-corrected chi connectivity index (χ0v) is 16.0. The molecular formula is C19H15FN6O2S. The summed E-state index contributed by atoms with van der Waals surface area (Å²) >= 11 is 1.38. The van der Waals surface area contributed by atoms with Crippen LogP contribution in [0.4, 0.5) is 26.8 Å². The summed E-state index contributed by atoms with van der Waals surface area (Å²) in [5.41, 5.74) is 2.33. The molecule has 29 heavy (non-hydrogen) atoms. The summed E-state index contributed by atoms with van der Waals surface area (Å²) in [6.45, 7) is 2.20. The van der Waals surface area contributed by atoms with Crippen LogP contribution >= 0.6 is 11.3 Å². The SMILES string of the molecule is Cc1cccc2sc(Nc3ncnc(NCc4ccc(F)cc4)c3[N+](=O)[O-])nc12. The number of halogens is 1. The van der Waals surface area contributed by atoms with Crippen LogP contribution in [0.25, 0.3) is 10.2 Å². The Labute approximate surface area is 168 Å². The van der Waals surface area contributed by atoms with Crippen LogP contribution in [0.1, 0.15) is 11.1 Å². The van der Waals surface area contributed by atoms with Gasteiger partial charge in [0.25, 0.3) is 0 Å². The van der Waals surface area contributed by atoms with E-state index in [-0.39, 0.29) is 29.7 Å². The Hall–Kier alpha value is -3.66. The van der Waals surface area contributed by atoms with E-state index in [1.165, 1.54) is 29.8 Å². The molecule has 0 unspecified atom stereocenters. The number of aryl methyl sites for hydroxylation is 1. The van der Waals surface area contributed by atoms with Gasteiger partial charge in [0.05, 0.1) is 15.1 Å². The lowest BCUT2D eigenvalue weighted by atomic mass is 10.2. The molecule has 0 saturated heterocycles. The van der Waals surface area contributed by atoms with Gasteiger partial charge in [-0.25, -0.2) is 19.3 Å². The highest BCUT2D eigenvalue weighted by molar-refractivity contribution is 7.22. The van der Waals surface area contributed by atoms with E-state index in [2.05, 4.69) is 25.6 Å². The van der Waals surface area contributed by atoms with Gasteiger partial charge in [-0.3, -0.25) is 10.1 Å². The molecule has 0 bridgehead atoms. The summed E-state index contributed by atoms with van der Waals surface area (Å²) in [5.74, 6) is -0.239. The summed E-state index contributed by atoms with van der Waals surface area (Å²) in [6.07, 6.45) is 1.24. The third kappa shape index (κ3) is 3.97. The van der Waals surface area contributed by atoms with Gasteiger partial charge in [-0.15, -0.1) is 0 Å². The van der Waals surface area contributed by atoms with E-state index >= 15 is 0 Å². The van der Waals surface area contributed by atoms with Crippen molar-refractivity contribution in [2.75, 3.05) is 10.6 Å². The van der Waals surface area contributed by atoms with Crippen LogP contribution in [0.3, 0.4) is 0 Å². The topological polar surface area (TPSA) is 106 Å². The Balaban J connectivity index is 1.62. The number of nitrogens with zero attached hydrogens (tertiary/aromatic N) is 4. The number of hydrogen-bond acceptors (Lipinski definition) is 8. The van der Waals surface area contributed by atoms with E-state index < -0.39 is 4.92 Å². The largest absolute Gasteiger partial charge is 0.360 e. The van der Waals surface area contributed by atoms with Gasteiger partial charge < -0.3 is 10.6 Å². The molecule has 4 aromatic rings. The number of fused-ring (bicyclic) bond motifs is 1. The molecular weight excluding hydrogens is 395 g/mol. The monoisotopic (exact) mass is 410 g/mol. The molecule has 4 rings (SSSR count). The first kappa shape index (κ1) is 18.7. The van der Waals surface area contributed by atoms with Crippen LogP contribution in [0, 0.1) is 22.9 Å². The second kappa shape index (κ2) is 7.76. The average molecular weight is 410 g/mol. The number of rotatable bonds is 6. The van der Waals surface area contributed by atoms with Gasteiger partial charge in [0.2, 0.25) is 11.6 Å². The van der Waals surface area contributed by atoms with Crippen molar-refractivity contribution in [1.29, 1.82) is 0 Å². The van der Waals surface area contributed by atoms with E-state index in [0.717, 1.165) is 21.3 Å². The third-order valence-electron chi connectivity index (χ3n) is 4.22. The normalized spacial score (nSPS) is 10.8. The molecule has 0 aliphatic heterocycles. The zero-order chi connectivity index (χ0) is 20.4. The number of hydrogen-bond donors (Lipinski definition) is 2. The Morgan fingerprint density at radius 3 is 2.62 bits per heavy atom. The molecule has 0 saturated carbocycles. The first-order chi connectivity index (χ1) is 14.0. The molecule has 0 amide bonds. The van der Waals surface area contributed by atoms with E-state index in [4.69, 9.17) is 0 Å². The van der Waals surface area contributed by atoms with Gasteiger partial charge in [0.15, 0.2) is 5.13 Å². The van der Waals surface area contributed by atoms with Gasteiger partial charge in [-0.05, 0) is 36.2 Å². The van der Waals surface area contributed by atoms with Crippen molar-refractivity contribution in [3.05, 3.63) is 75.9 Å². The fourth-order valence-corrected chi connectivity index (χ4v) is 3.74. The summed E-state index contributed by atoms with van der Waals surface area (Å²) in [7, 11) is 0. The van der Waals surface area contributed by atoms with Crippen molar-refractivity contribution in [2.45, 2.75) is 13.5 Å². The summed E-state index contributed by atoms with van der Waals surface area (Å²) in [5, 5.41) is 18.1. The Bertz CT molecular complexity index is 1200. The summed E-state index contributed by atoms with van der Waals surface area (Å²) < 4.78 is 14.0. The van der Waals surface area contributed by atoms with E-state index in [0.29, 0.717) is 5.13 Å². The van der Waals surface area contributed by atoms with Gasteiger partial charge in [0, 0.05) is 6.54 Å². The van der Waals surface area contributed by atoms with Crippen LogP contribution in [-0.2, 0) is 6.54 Å². The smallest absolute Gasteiger partial charge is 0.353 e. The summed E-state index contributed by atoms with van der Waals surface area (Å²) in [6, 6.07) is 11.7. The molecule has 0 radical (unpaired) electrons. The maximum Gasteiger partial charge on any atom is 0.353 e. The van der Waals surface area contributed by atoms with Crippen molar-refractivity contribution in [1.82, 2.24) is 15.0 Å². The number of nitro groups is 1. The van der Waals surface area contributed by atoms with E-state index in [1.807, 2.05) is 25.1 Å². The maximum atomic E-state index is 13.0. The van der Waals surface area contributed by atoms with Crippen LogP contribution < -0.4 is 10.6 Å². The van der Waals surface area contributed by atoms with Crippen LogP contribution in [0.2, 0.25) is 0 Å². The Kier molecular flexibility index (Phi) is 5.00. The summed E-state index contributed by atoms with van der Waals surface area (Å²) in [4.78, 5) is 23.7. The lowest BCUT2D eigenvalue weighted by Gasteiger charge is -2.09. The number of aromatic nitrogens is 3. The Morgan fingerprint density at radius 1 is 1.14 bits per heavy atom. The second-order valence-electron chi connectivity index (χ2n) is 6.22. The lowest BCUT2D eigenvalue weighted by Crippen LogP contribution is -2.08. The van der Waals surface area contributed by atoms with Gasteiger partial charge in [0.1, 0.15) is 12.1 Å². The number of anilines is 3. The highest BCUT2D eigenvalue weighted by Crippen LogP contribution is 2.34. The Morgan fingerprint density at radius 2 is 1.90 bits per heavy atom. The van der Waals surface area contributed by atoms with E-state index in [1.54, 1.807) is 12.1 Å². The quantitative estimate of drug-likeness (QED) is 0.347. The highest BCUT2D eigenvalue weighted by Gasteiger charge is 2.24. The van der Waals surface area contributed by atoms with Crippen molar-refractivity contribution < 1.29 is 9.31 Å². The fraction of sp³-hybridized carbons (Fsp3) is 0.105. The molecule has 0 aliphatic rings. The molecule has 0 fully saturated rings. The van der Waals surface area contributed by atoms with Gasteiger partial charge in [-0.2, -0.15) is 0 Å². The molecule has 0 spiro atoms. The molecule has 146 valence electrons. The van der Waals surface area contributed by atoms with Crippen LogP contribution in [-0.4, -0.2) is 19.9 Å². The third-order valence-corrected chi connectivity index (χ3v) is 5.16. The first-order valence-electron chi connectivity index (χ1n) is 8.62. The minimum absolute atomic E-state index is 0.0447. The number of benzene rings is 2. The molecule has 10 heteroatoms. The van der Waals surface area contributed by atoms with Crippen molar-refractivity contribution in [3.63, 3.8) is 0 Å². The van der Waals surface area contributed by atoms with Gasteiger partial charge in [-0.1, -0.05) is 35.6 Å². The number of thiazole rings is 1. The van der Waals surface area contributed by atoms with E-state index in [9.17, 15) is 14.5 Å². The molecule has 2 aromatic carbocycles. The lowest BCUT2D eigenvalue weighted by molar-refractivity contribution is -0.383. The highest BCUT2D eigenvalue weighted by atomic mass is 32.1. The molecule has 8 nitrogen and oxygen atoms in total. The zero-order valence-electron chi connectivity index (χ0n) is 15.2. The predicted molar refractivity (Wildman–Crippen MR) is 110 cm³/mol. The minimum atomic E-state index is -0.548. The minimum Gasteiger partial charge on any atom is -0.360 e. The second-order valence-corrected chi connectivity index (χ2v) is 7.25. The van der Waals surface area contributed by atoms with Gasteiger partial charge >= 0.3 is 5.69 Å². The standard InChI is InChI=1S/C19H15FN6O2S/c1-11-3-2-4-14-15(11)24-19(29-14)25-18-16(26(27)28)17(22-10-23-18)21-9-12-5-7-13(20)8-6-12/h2-8,10H,9H2,1H3,(H2,21,22,23,24,25). The molecule has 2 aromatic heterocycles. The van der Waals surface area contributed by atoms with Crippen LogP contribution in [0.15, 0.2) is 48.8 Å². The fourth-order valence-electron chi connectivity index (χ4n) is 2.80. The molecule has 0 aliphatic carbocycles. The predicted octanol–water partition coefficient (Wildman–Crippen LogP) is 4.80. The van der Waals surface area contributed by atoms with Crippen LogP contribution in [0.5, 0.6) is 0 Å². The first-order valence-corrected chi connectivity index (χ1v) is 9.44. The molecule has 2 N–H and O–H groups in total. The molecule has 0 atom stereocenters. The number of nitrogens with one attached hydrogen (secondary N) is 2. The number of para-hydroxylation sites is 1. The van der Waals surface area contributed by atoms with Crippen molar-refractivity contribution >= 4 is 44.0 Å².